The average molecular weight is 358 g/mol. The third-order valence-corrected chi connectivity index (χ3v) is 4.29. The molecule has 0 unspecified atom stereocenters. The topological polar surface area (TPSA) is 99.8 Å². The van der Waals surface area contributed by atoms with Crippen LogP contribution in [0, 0.1) is 5.82 Å². The summed E-state index contributed by atoms with van der Waals surface area (Å²) >= 11 is 0. The number of H-pyrrole nitrogens is 2. The number of carbonyl (C=O) groups is 1. The first-order valence-electron chi connectivity index (χ1n) is 8.30. The zero-order valence-electron chi connectivity index (χ0n) is 14.4. The van der Waals surface area contributed by atoms with Crippen molar-refractivity contribution in [1.29, 1.82) is 0 Å². The predicted octanol–water partition coefficient (Wildman–Crippen LogP) is 1.74. The summed E-state index contributed by atoms with van der Waals surface area (Å²) in [6.07, 6.45) is 2.31. The van der Waals surface area contributed by atoms with Crippen LogP contribution >= 0.6 is 0 Å². The molecule has 8 heteroatoms. The van der Waals surface area contributed by atoms with Crippen molar-refractivity contribution in [3.8, 4) is 11.1 Å². The van der Waals surface area contributed by atoms with Crippen LogP contribution in [0.1, 0.15) is 20.3 Å². The summed E-state index contributed by atoms with van der Waals surface area (Å²) in [5.74, 6) is -0.784. The first-order valence-corrected chi connectivity index (χ1v) is 8.30. The fraction of sp³-hybridized carbons (Fsp3) is 0.278. The number of benzene rings is 1. The van der Waals surface area contributed by atoms with E-state index in [9.17, 15) is 18.8 Å². The van der Waals surface area contributed by atoms with Crippen molar-refractivity contribution in [3.05, 3.63) is 57.1 Å². The fourth-order valence-electron chi connectivity index (χ4n) is 2.69. The van der Waals surface area contributed by atoms with Crippen molar-refractivity contribution in [2.75, 3.05) is 0 Å². The van der Waals surface area contributed by atoms with Crippen molar-refractivity contribution < 1.29 is 9.18 Å². The number of hydrogen-bond acceptors (Lipinski definition) is 3. The van der Waals surface area contributed by atoms with Crippen LogP contribution in [-0.2, 0) is 11.3 Å². The van der Waals surface area contributed by atoms with Gasteiger partial charge in [-0.25, -0.2) is 13.8 Å². The third-order valence-electron chi connectivity index (χ3n) is 4.29. The number of rotatable bonds is 5. The van der Waals surface area contributed by atoms with Crippen LogP contribution in [0.15, 0.2) is 40.1 Å². The van der Waals surface area contributed by atoms with E-state index < -0.39 is 17.2 Å². The molecule has 0 bridgehead atoms. The van der Waals surface area contributed by atoms with Crippen molar-refractivity contribution in [2.45, 2.75) is 32.9 Å². The van der Waals surface area contributed by atoms with Crippen molar-refractivity contribution in [1.82, 2.24) is 19.9 Å². The van der Waals surface area contributed by atoms with E-state index >= 15 is 0 Å². The lowest BCUT2D eigenvalue weighted by Gasteiger charge is -2.11. The van der Waals surface area contributed by atoms with Gasteiger partial charge < -0.3 is 15.3 Å². The summed E-state index contributed by atoms with van der Waals surface area (Å²) in [4.78, 5) is 42.4. The second-order valence-corrected chi connectivity index (χ2v) is 6.16. The van der Waals surface area contributed by atoms with Gasteiger partial charge in [-0.3, -0.25) is 9.59 Å². The van der Waals surface area contributed by atoms with Gasteiger partial charge in [-0.05, 0) is 31.0 Å². The van der Waals surface area contributed by atoms with E-state index in [1.54, 1.807) is 18.3 Å². The van der Waals surface area contributed by atoms with Crippen LogP contribution in [-0.4, -0.2) is 26.5 Å². The number of nitrogens with zero attached hydrogens (tertiary/aromatic N) is 1. The number of fused-ring (bicyclic) bond motifs is 1. The van der Waals surface area contributed by atoms with E-state index in [-0.39, 0.29) is 23.9 Å². The molecule has 26 heavy (non-hydrogen) atoms. The lowest BCUT2D eigenvalue weighted by Crippen LogP contribution is -2.42. The molecule has 7 nitrogen and oxygen atoms in total. The minimum absolute atomic E-state index is 0.0448. The number of aromatic amines is 2. The Kier molecular flexibility index (Phi) is 4.75. The van der Waals surface area contributed by atoms with Crippen LogP contribution in [0.5, 0.6) is 0 Å². The van der Waals surface area contributed by atoms with Gasteiger partial charge in [0.25, 0.3) is 5.56 Å². The molecule has 0 saturated heterocycles. The molecule has 1 amide bonds. The Hall–Kier alpha value is -3.16. The molecule has 0 aliphatic heterocycles. The monoisotopic (exact) mass is 358 g/mol. The Morgan fingerprint density at radius 3 is 2.58 bits per heavy atom. The summed E-state index contributed by atoms with van der Waals surface area (Å²) < 4.78 is 14.0. The van der Waals surface area contributed by atoms with Gasteiger partial charge in [-0.1, -0.05) is 19.1 Å². The zero-order valence-corrected chi connectivity index (χ0v) is 14.4. The quantitative estimate of drug-likeness (QED) is 0.648. The number of amides is 1. The first-order chi connectivity index (χ1) is 12.4. The molecular formula is C18H19FN4O3. The summed E-state index contributed by atoms with van der Waals surface area (Å²) in [7, 11) is 0. The molecular weight excluding hydrogens is 339 g/mol. The molecule has 1 aromatic carbocycles. The minimum Gasteiger partial charge on any atom is -0.355 e. The lowest BCUT2D eigenvalue weighted by molar-refractivity contribution is -0.122. The van der Waals surface area contributed by atoms with Crippen LogP contribution in [0.3, 0.4) is 0 Å². The van der Waals surface area contributed by atoms with Crippen molar-refractivity contribution in [3.63, 3.8) is 0 Å². The van der Waals surface area contributed by atoms with Gasteiger partial charge in [0.2, 0.25) is 5.91 Å². The molecule has 2 heterocycles. The number of nitrogens with one attached hydrogen (secondary N) is 3. The molecule has 0 fully saturated rings. The minimum atomic E-state index is -0.676. The maximum atomic E-state index is 13.1. The predicted molar refractivity (Wildman–Crippen MR) is 96.5 cm³/mol. The summed E-state index contributed by atoms with van der Waals surface area (Å²) in [5, 5.41) is 2.72. The fourth-order valence-corrected chi connectivity index (χ4v) is 2.69. The highest BCUT2D eigenvalue weighted by Gasteiger charge is 2.16. The van der Waals surface area contributed by atoms with Gasteiger partial charge in [0, 0.05) is 17.8 Å². The van der Waals surface area contributed by atoms with E-state index in [4.69, 9.17) is 0 Å². The van der Waals surface area contributed by atoms with Gasteiger partial charge in [0.15, 0.2) is 0 Å². The number of halogens is 1. The molecule has 0 saturated carbocycles. The maximum Gasteiger partial charge on any atom is 0.329 e. The summed E-state index contributed by atoms with van der Waals surface area (Å²) in [5.41, 5.74) is 0.469. The first kappa shape index (κ1) is 17.7. The lowest BCUT2D eigenvalue weighted by atomic mass is 10.1. The highest BCUT2D eigenvalue weighted by molar-refractivity contribution is 5.91. The van der Waals surface area contributed by atoms with Crippen LogP contribution in [0.2, 0.25) is 0 Å². The molecule has 3 rings (SSSR count). The molecule has 0 radical (unpaired) electrons. The van der Waals surface area contributed by atoms with Gasteiger partial charge in [-0.2, -0.15) is 0 Å². The Morgan fingerprint density at radius 2 is 1.92 bits per heavy atom. The highest BCUT2D eigenvalue weighted by Crippen LogP contribution is 2.25. The zero-order chi connectivity index (χ0) is 18.8. The standard InChI is InChI=1S/C18H19FN4O3/c1-3-10(2)21-14(24)9-23-17(25)16-15(22-18(23)26)13(8-20-16)11-4-6-12(19)7-5-11/h4-8,10,20H,3,9H2,1-2H3,(H,21,24)(H,22,26)/t10-/m1/s1. The van der Waals surface area contributed by atoms with Crippen LogP contribution in [0.4, 0.5) is 4.39 Å². The largest absolute Gasteiger partial charge is 0.355 e. The van der Waals surface area contributed by atoms with E-state index in [0.29, 0.717) is 16.6 Å². The molecule has 2 aromatic heterocycles. The Labute approximate surface area is 147 Å². The second kappa shape index (κ2) is 6.99. The van der Waals surface area contributed by atoms with Crippen molar-refractivity contribution in [2.24, 2.45) is 0 Å². The Balaban J connectivity index is 2.02. The van der Waals surface area contributed by atoms with E-state index in [0.717, 1.165) is 11.0 Å². The van der Waals surface area contributed by atoms with Crippen molar-refractivity contribution >= 4 is 16.9 Å². The second-order valence-electron chi connectivity index (χ2n) is 6.16. The molecule has 3 N–H and O–H groups in total. The Bertz CT molecular complexity index is 1060. The van der Waals surface area contributed by atoms with E-state index in [1.807, 2.05) is 13.8 Å². The van der Waals surface area contributed by atoms with Gasteiger partial charge in [-0.15, -0.1) is 0 Å². The molecule has 0 aliphatic carbocycles. The summed E-state index contributed by atoms with van der Waals surface area (Å²) in [6, 6.07) is 5.67. The molecule has 0 spiro atoms. The van der Waals surface area contributed by atoms with Gasteiger partial charge in [0.05, 0.1) is 5.52 Å². The summed E-state index contributed by atoms with van der Waals surface area (Å²) in [6.45, 7) is 3.40. The molecule has 1 atom stereocenters. The van der Waals surface area contributed by atoms with Gasteiger partial charge >= 0.3 is 5.69 Å². The third kappa shape index (κ3) is 3.30. The van der Waals surface area contributed by atoms with Crippen LogP contribution < -0.4 is 16.6 Å². The molecule has 0 aliphatic rings. The maximum absolute atomic E-state index is 13.1. The Morgan fingerprint density at radius 1 is 1.23 bits per heavy atom. The van der Waals surface area contributed by atoms with E-state index in [1.165, 1.54) is 12.1 Å². The number of carbonyl (C=O) groups excluding carboxylic acids is 1. The number of hydrogen-bond donors (Lipinski definition) is 3. The normalized spacial score (nSPS) is 12.3. The van der Waals surface area contributed by atoms with Crippen LogP contribution in [0.25, 0.3) is 22.2 Å². The smallest absolute Gasteiger partial charge is 0.329 e. The number of aromatic nitrogens is 3. The average Bonchev–Trinajstić information content (AvgIpc) is 3.03. The molecule has 136 valence electrons. The van der Waals surface area contributed by atoms with Gasteiger partial charge in [0.1, 0.15) is 17.9 Å². The molecule has 3 aromatic rings. The highest BCUT2D eigenvalue weighted by atomic mass is 19.1. The SMILES string of the molecule is CC[C@@H](C)NC(=O)Cn1c(=O)[nH]c2c(-c3ccc(F)cc3)c[nH]c2c1=O. The van der Waals surface area contributed by atoms with E-state index in [2.05, 4.69) is 15.3 Å².